The Bertz CT molecular complexity index is 212. The van der Waals surface area contributed by atoms with E-state index in [0.717, 1.165) is 0 Å². The van der Waals surface area contributed by atoms with Crippen LogP contribution in [0.25, 0.3) is 0 Å². The lowest BCUT2D eigenvalue weighted by Crippen LogP contribution is -2.13. The maximum absolute atomic E-state index is 11.0. The van der Waals surface area contributed by atoms with Gasteiger partial charge >= 0.3 is 5.97 Å². The molecule has 62 valence electrons. The SMILES string of the molecule is COC(=O)C1=C(N)C(C)SC1. The fourth-order valence-electron chi connectivity index (χ4n) is 0.927. The van der Waals surface area contributed by atoms with Gasteiger partial charge in [-0.05, 0) is 6.92 Å². The molecular weight excluding hydrogens is 162 g/mol. The largest absolute Gasteiger partial charge is 0.466 e. The van der Waals surface area contributed by atoms with Crippen LogP contribution in [0, 0.1) is 0 Å². The molecule has 0 radical (unpaired) electrons. The highest BCUT2D eigenvalue weighted by atomic mass is 32.2. The fraction of sp³-hybridized carbons (Fsp3) is 0.571. The molecule has 0 saturated carbocycles. The Morgan fingerprint density at radius 2 is 2.45 bits per heavy atom. The van der Waals surface area contributed by atoms with Crippen LogP contribution in [0.15, 0.2) is 11.3 Å². The zero-order chi connectivity index (χ0) is 8.43. The van der Waals surface area contributed by atoms with Crippen LogP contribution < -0.4 is 5.73 Å². The molecule has 0 spiro atoms. The molecule has 1 aliphatic heterocycles. The van der Waals surface area contributed by atoms with E-state index in [1.165, 1.54) is 7.11 Å². The van der Waals surface area contributed by atoms with Gasteiger partial charge in [-0.2, -0.15) is 0 Å². The quantitative estimate of drug-likeness (QED) is 0.587. The van der Waals surface area contributed by atoms with Crippen molar-refractivity contribution in [3.8, 4) is 0 Å². The molecular formula is C7H11NO2S. The molecule has 1 unspecified atom stereocenters. The van der Waals surface area contributed by atoms with Crippen molar-refractivity contribution in [1.82, 2.24) is 0 Å². The van der Waals surface area contributed by atoms with Gasteiger partial charge in [-0.3, -0.25) is 0 Å². The summed E-state index contributed by atoms with van der Waals surface area (Å²) >= 11 is 1.66. The Balaban J connectivity index is 2.79. The Labute approximate surface area is 70.0 Å². The van der Waals surface area contributed by atoms with Gasteiger partial charge in [0, 0.05) is 16.7 Å². The van der Waals surface area contributed by atoms with Gasteiger partial charge < -0.3 is 10.5 Å². The molecule has 1 rings (SSSR count). The third kappa shape index (κ3) is 1.50. The molecule has 11 heavy (non-hydrogen) atoms. The molecule has 2 N–H and O–H groups in total. The monoisotopic (exact) mass is 173 g/mol. The zero-order valence-corrected chi connectivity index (χ0v) is 7.40. The van der Waals surface area contributed by atoms with E-state index in [1.54, 1.807) is 11.8 Å². The van der Waals surface area contributed by atoms with Gasteiger partial charge in [-0.1, -0.05) is 0 Å². The number of carbonyl (C=O) groups excluding carboxylic acids is 1. The average Bonchev–Trinajstić information content (AvgIpc) is 2.32. The van der Waals surface area contributed by atoms with Crippen LogP contribution in [0.3, 0.4) is 0 Å². The zero-order valence-electron chi connectivity index (χ0n) is 6.59. The van der Waals surface area contributed by atoms with E-state index in [0.29, 0.717) is 17.0 Å². The van der Waals surface area contributed by atoms with Crippen LogP contribution in [0.5, 0.6) is 0 Å². The second-order valence-electron chi connectivity index (χ2n) is 2.38. The predicted molar refractivity (Wildman–Crippen MR) is 45.1 cm³/mol. The molecule has 3 nitrogen and oxygen atoms in total. The van der Waals surface area contributed by atoms with Gasteiger partial charge in [-0.15, -0.1) is 11.8 Å². The number of ether oxygens (including phenoxy) is 1. The number of esters is 1. The number of methoxy groups -OCH3 is 1. The molecule has 0 aromatic rings. The number of nitrogens with two attached hydrogens (primary N) is 1. The molecule has 0 fully saturated rings. The average molecular weight is 173 g/mol. The van der Waals surface area contributed by atoms with Crippen molar-refractivity contribution in [3.05, 3.63) is 11.3 Å². The molecule has 0 aromatic carbocycles. The van der Waals surface area contributed by atoms with Crippen molar-refractivity contribution >= 4 is 17.7 Å². The first-order valence-electron chi connectivity index (χ1n) is 3.35. The van der Waals surface area contributed by atoms with E-state index in [2.05, 4.69) is 4.74 Å². The minimum atomic E-state index is -0.292. The van der Waals surface area contributed by atoms with E-state index in [-0.39, 0.29) is 11.2 Å². The van der Waals surface area contributed by atoms with Gasteiger partial charge in [0.25, 0.3) is 0 Å². The minimum Gasteiger partial charge on any atom is -0.466 e. The second kappa shape index (κ2) is 3.17. The van der Waals surface area contributed by atoms with Crippen molar-refractivity contribution in [1.29, 1.82) is 0 Å². The normalized spacial score (nSPS) is 24.0. The minimum absolute atomic E-state index is 0.254. The second-order valence-corrected chi connectivity index (χ2v) is 3.71. The van der Waals surface area contributed by atoms with Crippen LogP contribution in [0.2, 0.25) is 0 Å². The summed E-state index contributed by atoms with van der Waals surface area (Å²) < 4.78 is 4.56. The van der Waals surface area contributed by atoms with Crippen molar-refractivity contribution in [2.24, 2.45) is 5.73 Å². The highest BCUT2D eigenvalue weighted by Gasteiger charge is 2.25. The molecule has 1 heterocycles. The van der Waals surface area contributed by atoms with E-state index in [9.17, 15) is 4.79 Å². The summed E-state index contributed by atoms with van der Waals surface area (Å²) in [6.07, 6.45) is 0. The van der Waals surface area contributed by atoms with Crippen molar-refractivity contribution in [3.63, 3.8) is 0 Å². The topological polar surface area (TPSA) is 52.3 Å². The summed E-state index contributed by atoms with van der Waals surface area (Å²) in [6.45, 7) is 1.98. The number of hydrogen-bond acceptors (Lipinski definition) is 4. The molecule has 1 atom stereocenters. The van der Waals surface area contributed by atoms with Crippen molar-refractivity contribution in [2.45, 2.75) is 12.2 Å². The first kappa shape index (κ1) is 8.46. The Hall–Kier alpha value is -0.640. The van der Waals surface area contributed by atoms with E-state index in [4.69, 9.17) is 5.73 Å². The molecule has 4 heteroatoms. The van der Waals surface area contributed by atoms with Crippen LogP contribution >= 0.6 is 11.8 Å². The maximum atomic E-state index is 11.0. The highest BCUT2D eigenvalue weighted by molar-refractivity contribution is 8.00. The van der Waals surface area contributed by atoms with Crippen LogP contribution in [0.1, 0.15) is 6.92 Å². The third-order valence-electron chi connectivity index (χ3n) is 1.70. The number of thioether (sulfide) groups is 1. The van der Waals surface area contributed by atoms with Gasteiger partial charge in [0.1, 0.15) is 0 Å². The first-order valence-corrected chi connectivity index (χ1v) is 4.40. The maximum Gasteiger partial charge on any atom is 0.336 e. The lowest BCUT2D eigenvalue weighted by molar-refractivity contribution is -0.136. The lowest BCUT2D eigenvalue weighted by atomic mass is 10.2. The van der Waals surface area contributed by atoms with Crippen molar-refractivity contribution in [2.75, 3.05) is 12.9 Å². The van der Waals surface area contributed by atoms with E-state index in [1.807, 2.05) is 6.92 Å². The predicted octanol–water partition coefficient (Wildman–Crippen LogP) is 0.508. The molecule has 0 aliphatic carbocycles. The van der Waals surface area contributed by atoms with Gasteiger partial charge in [0.15, 0.2) is 0 Å². The van der Waals surface area contributed by atoms with Crippen LogP contribution in [-0.2, 0) is 9.53 Å². The Morgan fingerprint density at radius 3 is 2.82 bits per heavy atom. The number of rotatable bonds is 1. The number of hydrogen-bond donors (Lipinski definition) is 1. The van der Waals surface area contributed by atoms with Gasteiger partial charge in [0.05, 0.1) is 12.7 Å². The van der Waals surface area contributed by atoms with Gasteiger partial charge in [0.2, 0.25) is 0 Å². The first-order chi connectivity index (χ1) is 5.16. The third-order valence-corrected chi connectivity index (χ3v) is 2.91. The van der Waals surface area contributed by atoms with Gasteiger partial charge in [-0.25, -0.2) is 4.79 Å². The lowest BCUT2D eigenvalue weighted by Gasteiger charge is -2.01. The smallest absolute Gasteiger partial charge is 0.336 e. The molecule has 0 aromatic heterocycles. The molecule has 1 aliphatic rings. The van der Waals surface area contributed by atoms with E-state index < -0.39 is 0 Å². The molecule has 0 bridgehead atoms. The Kier molecular flexibility index (Phi) is 2.44. The summed E-state index contributed by atoms with van der Waals surface area (Å²) in [5, 5.41) is 0.254. The fourth-order valence-corrected chi connectivity index (χ4v) is 1.95. The highest BCUT2D eigenvalue weighted by Crippen LogP contribution is 2.29. The van der Waals surface area contributed by atoms with E-state index >= 15 is 0 Å². The summed E-state index contributed by atoms with van der Waals surface area (Å²) in [4.78, 5) is 11.0. The Morgan fingerprint density at radius 1 is 1.82 bits per heavy atom. The summed E-state index contributed by atoms with van der Waals surface area (Å²) in [5.41, 5.74) is 6.95. The van der Waals surface area contributed by atoms with Crippen LogP contribution in [-0.4, -0.2) is 24.1 Å². The standard InChI is InChI=1S/C7H11NO2S/c1-4-6(8)5(3-11-4)7(9)10-2/h4H,3,8H2,1-2H3. The molecule has 0 amide bonds. The van der Waals surface area contributed by atoms with Crippen molar-refractivity contribution < 1.29 is 9.53 Å². The van der Waals surface area contributed by atoms with Crippen LogP contribution in [0.4, 0.5) is 0 Å². The summed E-state index contributed by atoms with van der Waals surface area (Å²) in [5.74, 6) is 0.388. The summed E-state index contributed by atoms with van der Waals surface area (Å²) in [6, 6.07) is 0. The summed E-state index contributed by atoms with van der Waals surface area (Å²) in [7, 11) is 1.37. The molecule has 0 saturated heterocycles. The number of carbonyl (C=O) groups is 1.